The molecule has 5 aromatic rings. The van der Waals surface area contributed by atoms with Crippen molar-refractivity contribution in [1.82, 2.24) is 19.5 Å². The maximum absolute atomic E-state index is 4.99. The number of aromatic nitrogens is 4. The highest BCUT2D eigenvalue weighted by Crippen LogP contribution is 2.32. The molecular weight excluding hydrogens is 392 g/mol. The number of allylic oxidation sites excluding steroid dienone is 4. The number of benzene rings is 3. The molecule has 0 unspecified atom stereocenters. The molecule has 154 valence electrons. The van der Waals surface area contributed by atoms with Gasteiger partial charge in [0.1, 0.15) is 0 Å². The lowest BCUT2D eigenvalue weighted by Crippen LogP contribution is -2.08. The molecule has 4 heteroatoms. The van der Waals surface area contributed by atoms with E-state index in [0.29, 0.717) is 11.8 Å². The second-order valence-corrected chi connectivity index (χ2v) is 8.22. The summed E-state index contributed by atoms with van der Waals surface area (Å²) < 4.78 is 2.16. The number of para-hydroxylation sites is 2. The summed E-state index contributed by atoms with van der Waals surface area (Å²) in [7, 11) is 0. The summed E-state index contributed by atoms with van der Waals surface area (Å²) in [5.74, 6) is 2.09. The third kappa shape index (κ3) is 3.12. The zero-order valence-electron chi connectivity index (χ0n) is 17.9. The minimum atomic E-state index is 0.651. The normalized spacial score (nSPS) is 13.9. The largest absolute Gasteiger partial charge is 0.278 e. The van der Waals surface area contributed by atoms with Gasteiger partial charge in [-0.2, -0.15) is 9.97 Å². The standard InChI is InChI=1S/C28H22N4/c1-19-15-17-21(18-16-19)27-29-26(20-9-3-2-4-10-20)30-28(31-27)32-24-13-7-5-11-22(24)23-12-6-8-14-25(23)32/h2-15,17H,16,18H2,1H3. The van der Waals surface area contributed by atoms with Gasteiger partial charge in [-0.25, -0.2) is 4.98 Å². The summed E-state index contributed by atoms with van der Waals surface area (Å²) in [6, 6.07) is 27.0. The Morgan fingerprint density at radius 1 is 0.625 bits per heavy atom. The van der Waals surface area contributed by atoms with Crippen molar-refractivity contribution in [2.45, 2.75) is 19.8 Å². The minimum absolute atomic E-state index is 0.651. The molecule has 6 rings (SSSR count). The molecule has 32 heavy (non-hydrogen) atoms. The summed E-state index contributed by atoms with van der Waals surface area (Å²) in [5.41, 5.74) is 5.71. The Bertz CT molecular complexity index is 1470. The lowest BCUT2D eigenvalue weighted by atomic mass is 9.99. The van der Waals surface area contributed by atoms with Crippen LogP contribution in [0.2, 0.25) is 0 Å². The average Bonchev–Trinajstić information content (AvgIpc) is 3.19. The number of hydrogen-bond donors (Lipinski definition) is 0. The lowest BCUT2D eigenvalue weighted by molar-refractivity contribution is 0.902. The average molecular weight is 415 g/mol. The Balaban J connectivity index is 1.66. The fraction of sp³-hybridized carbons (Fsp3) is 0.107. The van der Waals surface area contributed by atoms with Gasteiger partial charge in [0.25, 0.3) is 0 Å². The molecule has 1 aliphatic rings. The van der Waals surface area contributed by atoms with Crippen LogP contribution >= 0.6 is 0 Å². The van der Waals surface area contributed by atoms with Gasteiger partial charge in [-0.05, 0) is 37.5 Å². The molecule has 0 fully saturated rings. The van der Waals surface area contributed by atoms with Gasteiger partial charge in [0.2, 0.25) is 5.95 Å². The van der Waals surface area contributed by atoms with Gasteiger partial charge < -0.3 is 0 Å². The number of fused-ring (bicyclic) bond motifs is 3. The summed E-state index contributed by atoms with van der Waals surface area (Å²) >= 11 is 0. The molecular formula is C28H22N4. The predicted molar refractivity (Wildman–Crippen MR) is 131 cm³/mol. The maximum atomic E-state index is 4.99. The quantitative estimate of drug-likeness (QED) is 0.328. The number of hydrogen-bond acceptors (Lipinski definition) is 3. The molecule has 0 saturated heterocycles. The molecule has 0 amide bonds. The van der Waals surface area contributed by atoms with Gasteiger partial charge in [0.05, 0.1) is 11.0 Å². The van der Waals surface area contributed by atoms with Gasteiger partial charge in [-0.15, -0.1) is 0 Å². The summed E-state index contributed by atoms with van der Waals surface area (Å²) in [4.78, 5) is 14.8. The van der Waals surface area contributed by atoms with Crippen LogP contribution in [0.15, 0.2) is 96.6 Å². The third-order valence-electron chi connectivity index (χ3n) is 6.08. The Kier molecular flexibility index (Phi) is 4.43. The molecule has 2 heterocycles. The highest BCUT2D eigenvalue weighted by molar-refractivity contribution is 6.08. The van der Waals surface area contributed by atoms with Crippen LogP contribution in [0, 0.1) is 0 Å². The van der Waals surface area contributed by atoms with Gasteiger partial charge in [0, 0.05) is 16.3 Å². The van der Waals surface area contributed by atoms with Crippen molar-refractivity contribution in [1.29, 1.82) is 0 Å². The zero-order valence-corrected chi connectivity index (χ0v) is 17.9. The molecule has 0 atom stereocenters. The van der Waals surface area contributed by atoms with Crippen LogP contribution in [0.4, 0.5) is 0 Å². The van der Waals surface area contributed by atoms with Crippen LogP contribution in [-0.2, 0) is 0 Å². The summed E-state index contributed by atoms with van der Waals surface area (Å²) in [6.45, 7) is 2.17. The fourth-order valence-electron chi connectivity index (χ4n) is 4.39. The van der Waals surface area contributed by atoms with Gasteiger partial charge >= 0.3 is 0 Å². The van der Waals surface area contributed by atoms with Crippen LogP contribution < -0.4 is 0 Å². The zero-order chi connectivity index (χ0) is 21.5. The van der Waals surface area contributed by atoms with E-state index in [-0.39, 0.29) is 0 Å². The first kappa shape index (κ1) is 18.7. The maximum Gasteiger partial charge on any atom is 0.238 e. The van der Waals surface area contributed by atoms with E-state index in [1.807, 2.05) is 30.3 Å². The van der Waals surface area contributed by atoms with E-state index in [0.717, 1.165) is 40.8 Å². The Hall–Kier alpha value is -4.05. The van der Waals surface area contributed by atoms with Crippen LogP contribution in [-0.4, -0.2) is 19.5 Å². The van der Waals surface area contributed by atoms with E-state index in [4.69, 9.17) is 15.0 Å². The number of nitrogens with zero attached hydrogens (tertiary/aromatic N) is 4. The highest BCUT2D eigenvalue weighted by Gasteiger charge is 2.18. The van der Waals surface area contributed by atoms with Crippen molar-refractivity contribution in [3.63, 3.8) is 0 Å². The third-order valence-corrected chi connectivity index (χ3v) is 6.08. The van der Waals surface area contributed by atoms with Crippen molar-refractivity contribution < 1.29 is 0 Å². The van der Waals surface area contributed by atoms with Gasteiger partial charge in [-0.3, -0.25) is 4.57 Å². The summed E-state index contributed by atoms with van der Waals surface area (Å²) in [5, 5.41) is 2.39. The van der Waals surface area contributed by atoms with Crippen molar-refractivity contribution in [3.8, 4) is 17.3 Å². The highest BCUT2D eigenvalue weighted by atomic mass is 15.2. The Labute approximate surface area is 186 Å². The first-order valence-corrected chi connectivity index (χ1v) is 10.9. The topological polar surface area (TPSA) is 43.6 Å². The summed E-state index contributed by atoms with van der Waals surface area (Å²) in [6.07, 6.45) is 6.29. The van der Waals surface area contributed by atoms with E-state index in [1.165, 1.54) is 16.3 Å². The molecule has 0 saturated carbocycles. The van der Waals surface area contributed by atoms with Crippen LogP contribution in [0.1, 0.15) is 25.6 Å². The molecule has 4 nitrogen and oxygen atoms in total. The van der Waals surface area contributed by atoms with E-state index in [2.05, 4.69) is 72.2 Å². The number of rotatable bonds is 3. The molecule has 2 aromatic heterocycles. The Morgan fingerprint density at radius 3 is 1.91 bits per heavy atom. The van der Waals surface area contributed by atoms with E-state index >= 15 is 0 Å². The lowest BCUT2D eigenvalue weighted by Gasteiger charge is -2.14. The van der Waals surface area contributed by atoms with Crippen molar-refractivity contribution in [2.75, 3.05) is 0 Å². The van der Waals surface area contributed by atoms with Crippen LogP contribution in [0.5, 0.6) is 0 Å². The molecule has 0 bridgehead atoms. The van der Waals surface area contributed by atoms with E-state index in [9.17, 15) is 0 Å². The van der Waals surface area contributed by atoms with Crippen molar-refractivity contribution in [2.24, 2.45) is 0 Å². The SMILES string of the molecule is CC1=CC=C(c2nc(-c3ccccc3)nc(-n3c4ccccc4c4ccccc43)n2)CC1. The molecule has 0 radical (unpaired) electrons. The monoisotopic (exact) mass is 414 g/mol. The first-order chi connectivity index (χ1) is 15.8. The van der Waals surface area contributed by atoms with Crippen LogP contribution in [0.25, 0.3) is 44.7 Å². The fourth-order valence-corrected chi connectivity index (χ4v) is 4.39. The van der Waals surface area contributed by atoms with Crippen LogP contribution in [0.3, 0.4) is 0 Å². The second-order valence-electron chi connectivity index (χ2n) is 8.22. The van der Waals surface area contributed by atoms with E-state index < -0.39 is 0 Å². The smallest absolute Gasteiger partial charge is 0.238 e. The first-order valence-electron chi connectivity index (χ1n) is 10.9. The molecule has 0 N–H and O–H groups in total. The van der Waals surface area contributed by atoms with Crippen molar-refractivity contribution in [3.05, 3.63) is 102 Å². The molecule has 3 aromatic carbocycles. The molecule has 1 aliphatic carbocycles. The van der Waals surface area contributed by atoms with E-state index in [1.54, 1.807) is 0 Å². The minimum Gasteiger partial charge on any atom is -0.278 e. The molecule has 0 aliphatic heterocycles. The second kappa shape index (κ2) is 7.57. The molecule has 0 spiro atoms. The Morgan fingerprint density at radius 2 is 1.25 bits per heavy atom. The predicted octanol–water partition coefficient (Wildman–Crippen LogP) is 6.76. The van der Waals surface area contributed by atoms with Gasteiger partial charge in [0.15, 0.2) is 11.6 Å². The van der Waals surface area contributed by atoms with Gasteiger partial charge in [-0.1, -0.05) is 84.5 Å². The van der Waals surface area contributed by atoms with Crippen molar-refractivity contribution >= 4 is 27.4 Å².